The van der Waals surface area contributed by atoms with Gasteiger partial charge in [0.05, 0.1) is 22.9 Å². The molecule has 5 N–H and O–H groups in total. The fourth-order valence-electron chi connectivity index (χ4n) is 3.72. The molecule has 0 aliphatic carbocycles. The summed E-state index contributed by atoms with van der Waals surface area (Å²) in [5.41, 5.74) is 11.1. The van der Waals surface area contributed by atoms with Crippen molar-refractivity contribution in [3.8, 4) is 22.8 Å². The van der Waals surface area contributed by atoms with Crippen molar-refractivity contribution in [1.82, 2.24) is 19.9 Å². The van der Waals surface area contributed by atoms with Gasteiger partial charge in [0.1, 0.15) is 11.5 Å². The molecule has 0 atom stereocenters. The Balaban J connectivity index is 1.43. The van der Waals surface area contributed by atoms with E-state index in [1.807, 2.05) is 24.3 Å². The average Bonchev–Trinajstić information content (AvgIpc) is 3.28. The standard InChI is InChI=1S/C26H21FN6O2/c27-18-3-1-2-17(12-18)26(35)30-19-8-9-20-21(13-19)33-25(32-20)23-24(28)29-14-22(31-23)16-6-4-15(5-7-16)10-11-34/h1-9,12-14,34H,10-11H2,(H2,28,29)(H,30,35)(H,32,33). The summed E-state index contributed by atoms with van der Waals surface area (Å²) in [7, 11) is 0. The Labute approximate surface area is 199 Å². The number of aromatic nitrogens is 4. The van der Waals surface area contributed by atoms with E-state index < -0.39 is 11.7 Å². The van der Waals surface area contributed by atoms with Crippen molar-refractivity contribution in [2.24, 2.45) is 0 Å². The summed E-state index contributed by atoms with van der Waals surface area (Å²) in [5.74, 6) is -0.230. The van der Waals surface area contributed by atoms with Crippen LogP contribution in [0, 0.1) is 5.82 Å². The molecule has 0 saturated heterocycles. The summed E-state index contributed by atoms with van der Waals surface area (Å²) in [6.07, 6.45) is 2.19. The maximum atomic E-state index is 13.4. The van der Waals surface area contributed by atoms with E-state index in [0.29, 0.717) is 40.4 Å². The third-order valence-electron chi connectivity index (χ3n) is 5.50. The highest BCUT2D eigenvalue weighted by atomic mass is 19.1. The zero-order valence-electron chi connectivity index (χ0n) is 18.5. The number of aliphatic hydroxyl groups excluding tert-OH is 1. The minimum Gasteiger partial charge on any atom is -0.396 e. The smallest absolute Gasteiger partial charge is 0.255 e. The van der Waals surface area contributed by atoms with E-state index in [0.717, 1.165) is 11.1 Å². The average molecular weight is 468 g/mol. The van der Waals surface area contributed by atoms with Crippen molar-refractivity contribution in [3.05, 3.63) is 89.9 Å². The molecule has 2 heterocycles. The molecule has 0 aliphatic heterocycles. The van der Waals surface area contributed by atoms with Crippen LogP contribution in [0.25, 0.3) is 33.8 Å². The first kappa shape index (κ1) is 22.2. The second kappa shape index (κ2) is 9.32. The minimum atomic E-state index is -0.478. The number of nitrogens with one attached hydrogen (secondary N) is 2. The number of carbonyl (C=O) groups is 1. The van der Waals surface area contributed by atoms with Crippen LogP contribution in [-0.4, -0.2) is 37.6 Å². The second-order valence-corrected chi connectivity index (χ2v) is 7.94. The number of H-pyrrole nitrogens is 1. The summed E-state index contributed by atoms with van der Waals surface area (Å²) in [5, 5.41) is 11.9. The lowest BCUT2D eigenvalue weighted by atomic mass is 10.1. The fourth-order valence-corrected chi connectivity index (χ4v) is 3.72. The van der Waals surface area contributed by atoms with Gasteiger partial charge >= 0.3 is 0 Å². The van der Waals surface area contributed by atoms with Gasteiger partial charge < -0.3 is 21.1 Å². The van der Waals surface area contributed by atoms with Gasteiger partial charge in [0, 0.05) is 23.4 Å². The highest BCUT2D eigenvalue weighted by Gasteiger charge is 2.14. The van der Waals surface area contributed by atoms with Crippen LogP contribution >= 0.6 is 0 Å². The summed E-state index contributed by atoms with van der Waals surface area (Å²) in [4.78, 5) is 29.2. The second-order valence-electron chi connectivity index (χ2n) is 7.94. The monoisotopic (exact) mass is 468 g/mol. The van der Waals surface area contributed by atoms with Crippen molar-refractivity contribution in [3.63, 3.8) is 0 Å². The molecule has 5 rings (SSSR count). The molecule has 0 radical (unpaired) electrons. The number of amides is 1. The Bertz CT molecular complexity index is 1530. The minimum absolute atomic E-state index is 0.0907. The topological polar surface area (TPSA) is 130 Å². The third-order valence-corrected chi connectivity index (χ3v) is 5.50. The number of aromatic amines is 1. The number of anilines is 2. The molecular weight excluding hydrogens is 447 g/mol. The molecule has 0 unspecified atom stereocenters. The number of hydrogen-bond donors (Lipinski definition) is 4. The van der Waals surface area contributed by atoms with E-state index >= 15 is 0 Å². The molecule has 1 amide bonds. The van der Waals surface area contributed by atoms with Gasteiger partial charge in [-0.2, -0.15) is 0 Å². The summed E-state index contributed by atoms with van der Waals surface area (Å²) >= 11 is 0. The van der Waals surface area contributed by atoms with Gasteiger partial charge in [0.15, 0.2) is 11.6 Å². The molecule has 35 heavy (non-hydrogen) atoms. The highest BCUT2D eigenvalue weighted by Crippen LogP contribution is 2.27. The van der Waals surface area contributed by atoms with E-state index in [4.69, 9.17) is 10.8 Å². The lowest BCUT2D eigenvalue weighted by Crippen LogP contribution is -2.11. The van der Waals surface area contributed by atoms with E-state index in [2.05, 4.69) is 25.3 Å². The molecule has 174 valence electrons. The van der Waals surface area contributed by atoms with Gasteiger partial charge in [0.25, 0.3) is 5.91 Å². The molecule has 0 spiro atoms. The van der Waals surface area contributed by atoms with Crippen LogP contribution in [0.4, 0.5) is 15.9 Å². The number of nitrogens with zero attached hydrogens (tertiary/aromatic N) is 3. The number of fused-ring (bicyclic) bond motifs is 1. The predicted molar refractivity (Wildman–Crippen MR) is 132 cm³/mol. The molecule has 8 nitrogen and oxygen atoms in total. The maximum Gasteiger partial charge on any atom is 0.255 e. The zero-order valence-corrected chi connectivity index (χ0v) is 18.5. The normalized spacial score (nSPS) is 11.0. The first-order chi connectivity index (χ1) is 17.0. The number of hydrogen-bond acceptors (Lipinski definition) is 6. The molecule has 9 heteroatoms. The van der Waals surface area contributed by atoms with Crippen LogP contribution in [0.15, 0.2) is 72.9 Å². The van der Waals surface area contributed by atoms with E-state index in [9.17, 15) is 9.18 Å². The van der Waals surface area contributed by atoms with Crippen molar-refractivity contribution >= 4 is 28.4 Å². The lowest BCUT2D eigenvalue weighted by Gasteiger charge is -2.06. The molecule has 0 bridgehead atoms. The molecular formula is C26H21FN6O2. The van der Waals surface area contributed by atoms with E-state index in [-0.39, 0.29) is 18.0 Å². The Morgan fingerprint density at radius 3 is 2.66 bits per heavy atom. The number of nitrogens with two attached hydrogens (primary N) is 1. The molecule has 0 saturated carbocycles. The number of aliphatic hydroxyl groups is 1. The number of rotatable bonds is 6. The highest BCUT2D eigenvalue weighted by molar-refractivity contribution is 6.05. The number of imidazole rings is 1. The van der Waals surface area contributed by atoms with Crippen molar-refractivity contribution in [2.45, 2.75) is 6.42 Å². The molecule has 5 aromatic rings. The number of benzene rings is 3. The Morgan fingerprint density at radius 1 is 1.06 bits per heavy atom. The van der Waals surface area contributed by atoms with Crippen molar-refractivity contribution in [1.29, 1.82) is 0 Å². The third kappa shape index (κ3) is 4.71. The van der Waals surface area contributed by atoms with Crippen LogP contribution < -0.4 is 11.1 Å². The largest absolute Gasteiger partial charge is 0.396 e. The number of carbonyl (C=O) groups excluding carboxylic acids is 1. The van der Waals surface area contributed by atoms with Crippen LogP contribution in [-0.2, 0) is 6.42 Å². The van der Waals surface area contributed by atoms with Crippen LogP contribution in [0.5, 0.6) is 0 Å². The van der Waals surface area contributed by atoms with Gasteiger partial charge in [0.2, 0.25) is 0 Å². The van der Waals surface area contributed by atoms with Crippen LogP contribution in [0.1, 0.15) is 15.9 Å². The SMILES string of the molecule is Nc1ncc(-c2ccc(CCO)cc2)nc1-c1nc2ccc(NC(=O)c3cccc(F)c3)cc2[nH]1. The van der Waals surface area contributed by atoms with Gasteiger partial charge in [-0.25, -0.2) is 19.3 Å². The van der Waals surface area contributed by atoms with Crippen molar-refractivity contribution < 1.29 is 14.3 Å². The van der Waals surface area contributed by atoms with Crippen molar-refractivity contribution in [2.75, 3.05) is 17.7 Å². The zero-order chi connectivity index (χ0) is 24.4. The fraction of sp³-hybridized carbons (Fsp3) is 0.0769. The van der Waals surface area contributed by atoms with E-state index in [1.165, 1.54) is 18.2 Å². The summed E-state index contributed by atoms with van der Waals surface area (Å²) in [6.45, 7) is 0.0907. The van der Waals surface area contributed by atoms with E-state index in [1.54, 1.807) is 30.5 Å². The van der Waals surface area contributed by atoms with Gasteiger partial charge in [-0.3, -0.25) is 4.79 Å². The van der Waals surface area contributed by atoms with Crippen LogP contribution in [0.2, 0.25) is 0 Å². The maximum absolute atomic E-state index is 13.4. The Kier molecular flexibility index (Phi) is 5.90. The van der Waals surface area contributed by atoms with Crippen LogP contribution in [0.3, 0.4) is 0 Å². The number of nitrogen functional groups attached to an aromatic ring is 1. The lowest BCUT2D eigenvalue weighted by molar-refractivity contribution is 0.102. The first-order valence-electron chi connectivity index (χ1n) is 10.9. The van der Waals surface area contributed by atoms with Gasteiger partial charge in [-0.1, -0.05) is 30.3 Å². The first-order valence-corrected chi connectivity index (χ1v) is 10.9. The molecule has 0 fully saturated rings. The van der Waals surface area contributed by atoms with Gasteiger partial charge in [-0.05, 0) is 48.4 Å². The number of halogens is 1. The molecule has 2 aromatic heterocycles. The Hall–Kier alpha value is -4.63. The van der Waals surface area contributed by atoms with Gasteiger partial charge in [-0.15, -0.1) is 0 Å². The quantitative estimate of drug-likeness (QED) is 0.296. The molecule has 3 aromatic carbocycles. The summed E-state index contributed by atoms with van der Waals surface area (Å²) < 4.78 is 13.4. The Morgan fingerprint density at radius 2 is 1.89 bits per heavy atom. The predicted octanol–water partition coefficient (Wildman–Crippen LogP) is 4.20. The summed E-state index contributed by atoms with van der Waals surface area (Å²) in [6, 6.07) is 18.4. The molecule has 0 aliphatic rings.